The predicted octanol–water partition coefficient (Wildman–Crippen LogP) is 2.09. The molecule has 9 heteroatoms. The molecule has 1 aliphatic heterocycles. The fourth-order valence-corrected chi connectivity index (χ4v) is 5.41. The minimum absolute atomic E-state index is 0.0274. The molecule has 1 saturated heterocycles. The summed E-state index contributed by atoms with van der Waals surface area (Å²) in [6.45, 7) is 1.19. The number of aliphatic hydroxyl groups is 1. The first-order chi connectivity index (χ1) is 16.3. The molecule has 0 radical (unpaired) electrons. The monoisotopic (exact) mass is 462 g/mol. The van der Waals surface area contributed by atoms with Gasteiger partial charge in [-0.15, -0.1) is 0 Å². The zero-order valence-corrected chi connectivity index (χ0v) is 19.1. The Hall–Kier alpha value is -3.22. The second-order valence-electron chi connectivity index (χ2n) is 10.1. The Bertz CT molecular complexity index is 1120. The third-order valence-corrected chi connectivity index (χ3v) is 7.71. The number of aromatic nitrogens is 2. The van der Waals surface area contributed by atoms with Crippen LogP contribution in [0.4, 0.5) is 5.82 Å². The van der Waals surface area contributed by atoms with Gasteiger partial charge in [0.25, 0.3) is 5.91 Å². The van der Waals surface area contributed by atoms with Crippen molar-refractivity contribution in [2.24, 2.45) is 11.7 Å². The van der Waals surface area contributed by atoms with Crippen LogP contribution in [0, 0.1) is 17.2 Å². The number of carbonyl (C=O) groups is 2. The smallest absolute Gasteiger partial charge is 0.254 e. The number of amides is 2. The van der Waals surface area contributed by atoms with E-state index in [-0.39, 0.29) is 29.6 Å². The van der Waals surface area contributed by atoms with Gasteiger partial charge in [-0.2, -0.15) is 10.4 Å². The van der Waals surface area contributed by atoms with Gasteiger partial charge >= 0.3 is 0 Å². The molecule has 0 atom stereocenters. The van der Waals surface area contributed by atoms with E-state index in [1.165, 1.54) is 0 Å². The van der Waals surface area contributed by atoms with E-state index in [9.17, 15) is 20.0 Å². The second-order valence-corrected chi connectivity index (χ2v) is 10.1. The quantitative estimate of drug-likeness (QED) is 0.576. The predicted molar refractivity (Wildman–Crippen MR) is 124 cm³/mol. The van der Waals surface area contributed by atoms with E-state index in [0.29, 0.717) is 32.0 Å². The van der Waals surface area contributed by atoms with Crippen molar-refractivity contribution >= 4 is 17.6 Å². The first-order valence-electron chi connectivity index (χ1n) is 11.9. The van der Waals surface area contributed by atoms with Crippen molar-refractivity contribution < 1.29 is 14.7 Å². The summed E-state index contributed by atoms with van der Waals surface area (Å²) in [5.74, 6) is -0.645. The minimum Gasteiger partial charge on any atom is -0.382 e. The number of nitrogens with zero attached hydrogens (tertiary/aromatic N) is 4. The Labute approximate surface area is 198 Å². The summed E-state index contributed by atoms with van der Waals surface area (Å²) in [5.41, 5.74) is 5.31. The lowest BCUT2D eigenvalue weighted by molar-refractivity contribution is -0.129. The topological polar surface area (TPSA) is 137 Å². The van der Waals surface area contributed by atoms with Gasteiger partial charge in [0.05, 0.1) is 18.0 Å². The molecule has 2 aliphatic carbocycles. The maximum atomic E-state index is 12.3. The molecule has 3 aliphatic rings. The van der Waals surface area contributed by atoms with Gasteiger partial charge in [0.15, 0.2) is 5.82 Å². The lowest BCUT2D eigenvalue weighted by Crippen LogP contribution is -2.63. The number of benzene rings is 1. The average Bonchev–Trinajstić information content (AvgIpc) is 3.58. The molecule has 178 valence electrons. The van der Waals surface area contributed by atoms with E-state index in [1.54, 1.807) is 10.9 Å². The van der Waals surface area contributed by atoms with Crippen LogP contribution < -0.4 is 11.1 Å². The van der Waals surface area contributed by atoms with Crippen LogP contribution in [0.1, 0.15) is 60.9 Å². The number of hydrogen-bond acceptors (Lipinski definition) is 6. The molecule has 2 saturated carbocycles. The van der Waals surface area contributed by atoms with Crippen LogP contribution in [0.15, 0.2) is 36.5 Å². The molecule has 0 spiro atoms. The van der Waals surface area contributed by atoms with Crippen molar-refractivity contribution in [3.8, 4) is 6.07 Å². The molecule has 1 aromatic carbocycles. The summed E-state index contributed by atoms with van der Waals surface area (Å²) < 4.78 is 1.69. The highest BCUT2D eigenvalue weighted by Gasteiger charge is 2.48. The minimum atomic E-state index is -0.810. The number of carbonyl (C=O) groups excluding carboxylic acids is 2. The molecule has 0 bridgehead atoms. The lowest BCUT2D eigenvalue weighted by Gasteiger charge is -2.53. The van der Waals surface area contributed by atoms with Gasteiger partial charge in [-0.25, -0.2) is 0 Å². The van der Waals surface area contributed by atoms with E-state index in [0.717, 1.165) is 31.2 Å². The summed E-state index contributed by atoms with van der Waals surface area (Å²) in [4.78, 5) is 26.6. The fraction of sp³-hybridized carbons (Fsp3) is 0.520. The molecular formula is C25H30N6O3. The van der Waals surface area contributed by atoms with E-state index in [2.05, 4.69) is 21.4 Å². The Kier molecular flexibility index (Phi) is 5.66. The third-order valence-electron chi connectivity index (χ3n) is 7.71. The number of anilines is 1. The molecule has 2 heterocycles. The Morgan fingerprint density at radius 1 is 1.18 bits per heavy atom. The number of likely N-dealkylation sites (tertiary alicyclic amines) is 1. The van der Waals surface area contributed by atoms with Crippen LogP contribution in [0.5, 0.6) is 0 Å². The molecule has 5 rings (SSSR count). The van der Waals surface area contributed by atoms with E-state index >= 15 is 0 Å². The number of hydrogen-bond donors (Lipinski definition) is 3. The zero-order chi connectivity index (χ0) is 23.9. The molecule has 4 N–H and O–H groups in total. The van der Waals surface area contributed by atoms with Crippen molar-refractivity contribution in [3.63, 3.8) is 0 Å². The van der Waals surface area contributed by atoms with Crippen LogP contribution in [-0.4, -0.2) is 50.7 Å². The molecule has 2 aromatic rings. The maximum absolute atomic E-state index is 12.3. The second kappa shape index (κ2) is 8.53. The summed E-state index contributed by atoms with van der Waals surface area (Å²) in [7, 11) is 0. The molecular weight excluding hydrogens is 432 g/mol. The van der Waals surface area contributed by atoms with Crippen molar-refractivity contribution in [2.45, 2.75) is 62.1 Å². The Morgan fingerprint density at radius 3 is 2.44 bits per heavy atom. The molecule has 3 fully saturated rings. The van der Waals surface area contributed by atoms with E-state index in [1.807, 2.05) is 30.3 Å². The zero-order valence-electron chi connectivity index (χ0n) is 19.1. The van der Waals surface area contributed by atoms with Gasteiger partial charge < -0.3 is 16.2 Å². The molecule has 1 aromatic heterocycles. The molecule has 9 nitrogen and oxygen atoms in total. The Morgan fingerprint density at radius 2 is 1.85 bits per heavy atom. The van der Waals surface area contributed by atoms with Crippen molar-refractivity contribution in [2.75, 3.05) is 18.4 Å². The van der Waals surface area contributed by atoms with Crippen LogP contribution in [0.3, 0.4) is 0 Å². The number of nitrogens with two attached hydrogens (primary N) is 1. The lowest BCUT2D eigenvalue weighted by atomic mass is 9.75. The summed E-state index contributed by atoms with van der Waals surface area (Å²) in [6, 6.07) is 12.4. The molecule has 0 unspecified atom stereocenters. The van der Waals surface area contributed by atoms with Crippen LogP contribution >= 0.6 is 0 Å². The average molecular weight is 463 g/mol. The fourth-order valence-electron chi connectivity index (χ4n) is 5.41. The number of rotatable bonds is 7. The van der Waals surface area contributed by atoms with Gasteiger partial charge in [0, 0.05) is 31.2 Å². The van der Waals surface area contributed by atoms with Crippen molar-refractivity contribution in [1.82, 2.24) is 14.7 Å². The van der Waals surface area contributed by atoms with Crippen molar-refractivity contribution in [1.29, 1.82) is 5.26 Å². The highest BCUT2D eigenvalue weighted by Crippen LogP contribution is 2.43. The maximum Gasteiger partial charge on any atom is 0.254 e. The van der Waals surface area contributed by atoms with Gasteiger partial charge in [-0.05, 0) is 44.1 Å². The largest absolute Gasteiger partial charge is 0.382 e. The summed E-state index contributed by atoms with van der Waals surface area (Å²) >= 11 is 0. The van der Waals surface area contributed by atoms with Crippen LogP contribution in [-0.2, 0) is 15.9 Å². The SMILES string of the molecule is N#CC[C@]1(n2cc(C(N)=O)c(NC(=O)C3CC3)n2)CC[C@H](N2CC(O)(c3ccccc3)C2)CC1. The normalized spacial score (nSPS) is 26.3. The summed E-state index contributed by atoms with van der Waals surface area (Å²) in [6.07, 6.45) is 6.64. The van der Waals surface area contributed by atoms with E-state index in [4.69, 9.17) is 5.73 Å². The summed E-state index contributed by atoms with van der Waals surface area (Å²) in [5, 5.41) is 27.9. The van der Waals surface area contributed by atoms with Crippen LogP contribution in [0.2, 0.25) is 0 Å². The van der Waals surface area contributed by atoms with Gasteiger partial charge in [-0.1, -0.05) is 30.3 Å². The third kappa shape index (κ3) is 4.08. The van der Waals surface area contributed by atoms with E-state index < -0.39 is 17.0 Å². The number of nitriles is 1. The van der Waals surface area contributed by atoms with Crippen molar-refractivity contribution in [3.05, 3.63) is 47.7 Å². The molecule has 34 heavy (non-hydrogen) atoms. The number of primary amides is 1. The number of β-amino-alcohol motifs (C(OH)–C–C–N with tert-alkyl or cyclic N) is 1. The number of nitrogens with one attached hydrogen (secondary N) is 1. The standard InChI is InChI=1S/C25H30N6O3/c26-13-12-24(31-14-20(21(27)32)22(29-31)28-23(33)17-6-7-17)10-8-19(9-11-24)30-15-25(34,16-30)18-4-2-1-3-5-18/h1-5,14,17,19,34H,6-12,15-16H2,(H2,27,32)(H,28,29,33)/t19-,24-. The van der Waals surface area contributed by atoms with Gasteiger partial charge in [0.2, 0.25) is 5.91 Å². The first-order valence-corrected chi connectivity index (χ1v) is 11.9. The van der Waals surface area contributed by atoms with Gasteiger partial charge in [0.1, 0.15) is 11.2 Å². The molecule has 2 amide bonds. The highest BCUT2D eigenvalue weighted by atomic mass is 16.3. The Balaban J connectivity index is 1.29. The highest BCUT2D eigenvalue weighted by molar-refractivity contribution is 6.02. The van der Waals surface area contributed by atoms with Gasteiger partial charge in [-0.3, -0.25) is 19.2 Å². The van der Waals surface area contributed by atoms with Crippen LogP contribution in [0.25, 0.3) is 0 Å². The first kappa shape index (κ1) is 22.6.